The van der Waals surface area contributed by atoms with Crippen LogP contribution in [0.3, 0.4) is 0 Å². The van der Waals surface area contributed by atoms with Gasteiger partial charge < -0.3 is 4.57 Å². The van der Waals surface area contributed by atoms with E-state index in [1.807, 2.05) is 14.0 Å². The molecule has 0 unspecified atom stereocenters. The molecule has 1 N–H and O–H groups in total. The van der Waals surface area contributed by atoms with Crippen molar-refractivity contribution < 1.29 is 9.18 Å². The summed E-state index contributed by atoms with van der Waals surface area (Å²) in [5, 5.41) is 20.0. The second kappa shape index (κ2) is 7.70. The predicted octanol–water partition coefficient (Wildman–Crippen LogP) is 2.98. The Morgan fingerprint density at radius 2 is 2.08 bits per heavy atom. The first-order valence-corrected chi connectivity index (χ1v) is 9.17. The molecule has 0 aliphatic heterocycles. The van der Waals surface area contributed by atoms with E-state index in [0.29, 0.717) is 21.7 Å². The van der Waals surface area contributed by atoms with Gasteiger partial charge in [-0.25, -0.2) is 4.39 Å². The molecule has 2 aromatic heterocycles. The SMILES string of the molecule is CC[C@@H](Sc1nncn1C)C(=O)Nc1nnc(-c2ccc(F)cc2)s1. The molecule has 0 fully saturated rings. The molecule has 0 saturated heterocycles. The topological polar surface area (TPSA) is 85.6 Å². The van der Waals surface area contributed by atoms with Crippen molar-refractivity contribution >= 4 is 34.1 Å². The number of carbonyl (C=O) groups excluding carboxylic acids is 1. The summed E-state index contributed by atoms with van der Waals surface area (Å²) in [7, 11) is 1.83. The minimum absolute atomic E-state index is 0.169. The van der Waals surface area contributed by atoms with Crippen LogP contribution in [0.25, 0.3) is 10.6 Å². The van der Waals surface area contributed by atoms with E-state index >= 15 is 0 Å². The zero-order chi connectivity index (χ0) is 17.8. The van der Waals surface area contributed by atoms with Crippen molar-refractivity contribution in [2.75, 3.05) is 5.32 Å². The number of hydrogen-bond acceptors (Lipinski definition) is 7. The Morgan fingerprint density at radius 3 is 2.72 bits per heavy atom. The molecule has 0 radical (unpaired) electrons. The van der Waals surface area contributed by atoms with Crippen LogP contribution < -0.4 is 5.32 Å². The Labute approximate surface area is 151 Å². The predicted molar refractivity (Wildman–Crippen MR) is 94.9 cm³/mol. The van der Waals surface area contributed by atoms with Gasteiger partial charge in [0.1, 0.15) is 17.2 Å². The number of aryl methyl sites for hydroxylation is 1. The highest BCUT2D eigenvalue weighted by Crippen LogP contribution is 2.28. The lowest BCUT2D eigenvalue weighted by Gasteiger charge is -2.12. The lowest BCUT2D eigenvalue weighted by Crippen LogP contribution is -2.24. The number of carbonyl (C=O) groups is 1. The van der Waals surface area contributed by atoms with E-state index in [-0.39, 0.29) is 17.0 Å². The molecule has 1 atom stereocenters. The van der Waals surface area contributed by atoms with Crippen molar-refractivity contribution in [1.82, 2.24) is 25.0 Å². The van der Waals surface area contributed by atoms with Crippen LogP contribution in [0, 0.1) is 5.82 Å². The molecule has 0 spiro atoms. The van der Waals surface area contributed by atoms with Gasteiger partial charge in [0.25, 0.3) is 0 Å². The Morgan fingerprint density at radius 1 is 1.32 bits per heavy atom. The van der Waals surface area contributed by atoms with E-state index in [4.69, 9.17) is 0 Å². The third kappa shape index (κ3) is 4.20. The van der Waals surface area contributed by atoms with Gasteiger partial charge in [-0.2, -0.15) is 0 Å². The number of anilines is 1. The molecule has 25 heavy (non-hydrogen) atoms. The summed E-state index contributed by atoms with van der Waals surface area (Å²) in [5.74, 6) is -0.481. The van der Waals surface area contributed by atoms with Crippen molar-refractivity contribution in [3.05, 3.63) is 36.4 Å². The molecule has 1 amide bonds. The second-order valence-electron chi connectivity index (χ2n) is 5.15. The first-order chi connectivity index (χ1) is 12.1. The molecule has 3 rings (SSSR count). The zero-order valence-corrected chi connectivity index (χ0v) is 15.1. The number of nitrogens with zero attached hydrogens (tertiary/aromatic N) is 5. The van der Waals surface area contributed by atoms with Crippen LogP contribution >= 0.6 is 23.1 Å². The molecular formula is C15H15FN6OS2. The Bertz CT molecular complexity index is 863. The van der Waals surface area contributed by atoms with E-state index in [1.54, 1.807) is 23.0 Å². The first-order valence-electron chi connectivity index (χ1n) is 7.47. The first kappa shape index (κ1) is 17.5. The maximum absolute atomic E-state index is 13.0. The van der Waals surface area contributed by atoms with Gasteiger partial charge in [0.15, 0.2) is 5.16 Å². The largest absolute Gasteiger partial charge is 0.312 e. The van der Waals surface area contributed by atoms with Crippen molar-refractivity contribution in [3.63, 3.8) is 0 Å². The van der Waals surface area contributed by atoms with E-state index in [2.05, 4.69) is 25.7 Å². The van der Waals surface area contributed by atoms with Gasteiger partial charge in [-0.15, -0.1) is 20.4 Å². The van der Waals surface area contributed by atoms with Gasteiger partial charge in [0.2, 0.25) is 11.0 Å². The maximum Gasteiger partial charge on any atom is 0.239 e. The molecule has 0 bridgehead atoms. The van der Waals surface area contributed by atoms with E-state index < -0.39 is 0 Å². The minimum Gasteiger partial charge on any atom is -0.312 e. The molecule has 10 heteroatoms. The van der Waals surface area contributed by atoms with Crippen molar-refractivity contribution in [3.8, 4) is 10.6 Å². The highest BCUT2D eigenvalue weighted by molar-refractivity contribution is 8.00. The van der Waals surface area contributed by atoms with Crippen molar-refractivity contribution in [2.24, 2.45) is 7.05 Å². The fourth-order valence-electron chi connectivity index (χ4n) is 2.00. The van der Waals surface area contributed by atoms with Crippen LogP contribution in [0.15, 0.2) is 35.7 Å². The molecule has 3 aromatic rings. The molecular weight excluding hydrogens is 363 g/mol. The number of hydrogen-bond donors (Lipinski definition) is 1. The molecule has 7 nitrogen and oxygen atoms in total. The standard InChI is InChI=1S/C15H15FN6OS2/c1-3-11(24-15-21-17-8-22(15)2)12(23)18-14-20-19-13(25-14)9-4-6-10(16)7-5-9/h4-8,11H,3H2,1-2H3,(H,18,20,23)/t11-/m1/s1. The van der Waals surface area contributed by atoms with Crippen molar-refractivity contribution in [1.29, 1.82) is 0 Å². The van der Waals surface area contributed by atoms with E-state index in [0.717, 1.165) is 5.56 Å². The van der Waals surface area contributed by atoms with Gasteiger partial charge in [0, 0.05) is 12.6 Å². The number of aromatic nitrogens is 5. The van der Waals surface area contributed by atoms with Crippen LogP contribution in [0.4, 0.5) is 9.52 Å². The molecule has 2 heterocycles. The monoisotopic (exact) mass is 378 g/mol. The van der Waals surface area contributed by atoms with Gasteiger partial charge >= 0.3 is 0 Å². The number of nitrogens with one attached hydrogen (secondary N) is 1. The third-order valence-electron chi connectivity index (χ3n) is 3.33. The summed E-state index contributed by atoms with van der Waals surface area (Å²) >= 11 is 2.59. The number of rotatable bonds is 6. The second-order valence-corrected chi connectivity index (χ2v) is 7.30. The number of benzene rings is 1. The molecule has 0 aliphatic carbocycles. The maximum atomic E-state index is 13.0. The lowest BCUT2D eigenvalue weighted by atomic mass is 10.2. The molecule has 0 saturated carbocycles. The fourth-order valence-corrected chi connectivity index (χ4v) is 3.64. The summed E-state index contributed by atoms with van der Waals surface area (Å²) in [4.78, 5) is 12.5. The quantitative estimate of drug-likeness (QED) is 0.664. The van der Waals surface area contributed by atoms with Gasteiger partial charge in [-0.05, 0) is 30.7 Å². The fraction of sp³-hybridized carbons (Fsp3) is 0.267. The lowest BCUT2D eigenvalue weighted by molar-refractivity contribution is -0.115. The molecule has 130 valence electrons. The van der Waals surface area contributed by atoms with Gasteiger partial charge in [-0.3, -0.25) is 10.1 Å². The Kier molecular flexibility index (Phi) is 5.39. The average molecular weight is 378 g/mol. The Hall–Kier alpha value is -2.33. The highest BCUT2D eigenvalue weighted by atomic mass is 32.2. The summed E-state index contributed by atoms with van der Waals surface area (Å²) in [6.07, 6.45) is 2.22. The van der Waals surface area contributed by atoms with E-state index in [1.165, 1.54) is 35.2 Å². The van der Waals surface area contributed by atoms with Crippen LogP contribution in [-0.4, -0.2) is 36.1 Å². The van der Waals surface area contributed by atoms with Gasteiger partial charge in [-0.1, -0.05) is 30.0 Å². The number of halogens is 1. The van der Waals surface area contributed by atoms with Gasteiger partial charge in [0.05, 0.1) is 5.25 Å². The van der Waals surface area contributed by atoms with Crippen LogP contribution in [0.2, 0.25) is 0 Å². The summed E-state index contributed by atoms with van der Waals surface area (Å²) in [6.45, 7) is 1.93. The highest BCUT2D eigenvalue weighted by Gasteiger charge is 2.21. The molecule has 0 aliphatic rings. The van der Waals surface area contributed by atoms with E-state index in [9.17, 15) is 9.18 Å². The third-order valence-corrected chi connectivity index (χ3v) is 5.63. The summed E-state index contributed by atoms with van der Waals surface area (Å²) in [5.41, 5.74) is 0.750. The number of thioether (sulfide) groups is 1. The van der Waals surface area contributed by atoms with Crippen LogP contribution in [0.5, 0.6) is 0 Å². The van der Waals surface area contributed by atoms with Crippen LogP contribution in [-0.2, 0) is 11.8 Å². The number of amides is 1. The summed E-state index contributed by atoms with van der Waals surface area (Å²) < 4.78 is 14.8. The Balaban J connectivity index is 1.68. The van der Waals surface area contributed by atoms with Crippen LogP contribution in [0.1, 0.15) is 13.3 Å². The zero-order valence-electron chi connectivity index (χ0n) is 13.5. The minimum atomic E-state index is -0.318. The molecule has 1 aromatic carbocycles. The smallest absolute Gasteiger partial charge is 0.239 e. The summed E-state index contributed by atoms with van der Waals surface area (Å²) in [6, 6.07) is 5.97. The normalized spacial score (nSPS) is 12.1. The van der Waals surface area contributed by atoms with Crippen molar-refractivity contribution in [2.45, 2.75) is 23.8 Å². The average Bonchev–Trinajstić information content (AvgIpc) is 3.22.